The topological polar surface area (TPSA) is 88.2 Å². The lowest BCUT2D eigenvalue weighted by atomic mass is 10.1. The second-order valence-electron chi connectivity index (χ2n) is 8.04. The van der Waals surface area contributed by atoms with Crippen molar-refractivity contribution in [3.8, 4) is 5.69 Å². The predicted molar refractivity (Wildman–Crippen MR) is 129 cm³/mol. The minimum Gasteiger partial charge on any atom is -0.367 e. The Hall–Kier alpha value is -4.00. The van der Waals surface area contributed by atoms with E-state index in [9.17, 15) is 31.1 Å². The van der Waals surface area contributed by atoms with E-state index in [4.69, 9.17) is 5.73 Å². The van der Waals surface area contributed by atoms with Crippen LogP contribution in [-0.4, -0.2) is 59.0 Å². The van der Waals surface area contributed by atoms with E-state index in [0.29, 0.717) is 27.9 Å². The highest BCUT2D eigenvalue weighted by atomic mass is 19.4. The zero-order chi connectivity index (χ0) is 27.4. The number of hydrogen-bond donors (Lipinski definition) is 3. The standard InChI is InChI=1S/C24H24F6N6O/c1-3-15(12-35(2)21(11-31)24(28,29)30)16-7-8-20-19(9-16)33-14-36(20)18-6-4-5-17(10-18)34-22(37)32-13-23(25,26)27/h3-10,12,14,21H,1,11,13,31H2,2H3,(H2,32,34,37)/b15-12+. The molecule has 0 spiro atoms. The van der Waals surface area contributed by atoms with Crippen LogP contribution in [0.25, 0.3) is 22.3 Å². The van der Waals surface area contributed by atoms with Gasteiger partial charge in [-0.3, -0.25) is 4.57 Å². The number of carbonyl (C=O) groups excluding carboxylic acids is 1. The van der Waals surface area contributed by atoms with Gasteiger partial charge in [-0.1, -0.05) is 24.8 Å². The summed E-state index contributed by atoms with van der Waals surface area (Å²) >= 11 is 0. The zero-order valence-electron chi connectivity index (χ0n) is 19.6. The Bertz CT molecular complexity index is 1300. The Morgan fingerprint density at radius 1 is 1.19 bits per heavy atom. The Labute approximate surface area is 208 Å². The van der Waals surface area contributed by atoms with E-state index in [-0.39, 0.29) is 5.69 Å². The summed E-state index contributed by atoms with van der Waals surface area (Å²) in [5, 5.41) is 4.07. The number of allylic oxidation sites excluding steroid dienone is 2. The van der Waals surface area contributed by atoms with E-state index < -0.39 is 37.5 Å². The normalized spacial score (nSPS) is 13.4. The molecule has 0 aliphatic rings. The van der Waals surface area contributed by atoms with Gasteiger partial charge in [0.25, 0.3) is 0 Å². The summed E-state index contributed by atoms with van der Waals surface area (Å²) in [6, 6.07) is 8.62. The molecular weight excluding hydrogens is 502 g/mol. The number of nitrogens with zero attached hydrogens (tertiary/aromatic N) is 3. The Kier molecular flexibility index (Phi) is 8.16. The molecule has 0 saturated carbocycles. The van der Waals surface area contributed by atoms with Crippen LogP contribution in [0.2, 0.25) is 0 Å². The molecule has 2 aromatic carbocycles. The van der Waals surface area contributed by atoms with Gasteiger partial charge in [0.05, 0.1) is 11.0 Å². The van der Waals surface area contributed by atoms with Gasteiger partial charge in [-0.15, -0.1) is 0 Å². The quantitative estimate of drug-likeness (QED) is 0.283. The number of amides is 2. The first-order valence-corrected chi connectivity index (χ1v) is 10.8. The summed E-state index contributed by atoms with van der Waals surface area (Å²) in [6.07, 6.45) is -4.78. The number of halogens is 6. The minimum atomic E-state index is -4.53. The lowest BCUT2D eigenvalue weighted by Gasteiger charge is -2.28. The molecule has 198 valence electrons. The molecule has 0 bridgehead atoms. The summed E-state index contributed by atoms with van der Waals surface area (Å²) in [5.74, 6) is 0. The SMILES string of the molecule is C=C/C(=C\N(C)C(CN)C(F)(F)F)c1ccc2c(c1)ncn2-c1cccc(NC(=O)NCC(F)(F)F)c1. The monoisotopic (exact) mass is 526 g/mol. The second kappa shape index (κ2) is 10.9. The Morgan fingerprint density at radius 3 is 2.54 bits per heavy atom. The van der Waals surface area contributed by atoms with Crippen molar-refractivity contribution in [1.29, 1.82) is 0 Å². The number of rotatable bonds is 8. The first-order valence-electron chi connectivity index (χ1n) is 10.8. The minimum absolute atomic E-state index is 0.259. The van der Waals surface area contributed by atoms with Crippen LogP contribution in [0.1, 0.15) is 5.56 Å². The summed E-state index contributed by atoms with van der Waals surface area (Å²) < 4.78 is 78.3. The lowest BCUT2D eigenvalue weighted by molar-refractivity contribution is -0.171. The molecule has 1 unspecified atom stereocenters. The number of likely N-dealkylation sites (N-methyl/N-ethyl adjacent to an activating group) is 1. The highest BCUT2D eigenvalue weighted by Crippen LogP contribution is 2.28. The van der Waals surface area contributed by atoms with Crippen LogP contribution in [-0.2, 0) is 0 Å². The molecule has 1 atom stereocenters. The summed E-state index contributed by atoms with van der Waals surface area (Å²) in [4.78, 5) is 17.1. The van der Waals surface area contributed by atoms with Crippen LogP contribution in [0.4, 0.5) is 36.8 Å². The Morgan fingerprint density at radius 2 is 1.92 bits per heavy atom. The van der Waals surface area contributed by atoms with Crippen molar-refractivity contribution in [1.82, 2.24) is 19.8 Å². The third-order valence-corrected chi connectivity index (χ3v) is 5.37. The molecule has 0 fully saturated rings. The average molecular weight is 526 g/mol. The Balaban J connectivity index is 1.85. The van der Waals surface area contributed by atoms with E-state index in [1.165, 1.54) is 31.7 Å². The number of aromatic nitrogens is 2. The molecule has 0 saturated heterocycles. The molecule has 2 amide bonds. The number of alkyl halides is 6. The van der Waals surface area contributed by atoms with Gasteiger partial charge in [0, 0.05) is 31.2 Å². The predicted octanol–water partition coefficient (Wildman–Crippen LogP) is 5.06. The van der Waals surface area contributed by atoms with E-state index in [0.717, 1.165) is 4.90 Å². The van der Waals surface area contributed by atoms with Crippen molar-refractivity contribution < 1.29 is 31.1 Å². The van der Waals surface area contributed by atoms with Gasteiger partial charge in [-0.25, -0.2) is 9.78 Å². The van der Waals surface area contributed by atoms with E-state index >= 15 is 0 Å². The third-order valence-electron chi connectivity index (χ3n) is 5.37. The average Bonchev–Trinajstić information content (AvgIpc) is 3.24. The zero-order valence-corrected chi connectivity index (χ0v) is 19.6. The number of nitrogens with two attached hydrogens (primary N) is 1. The highest BCUT2D eigenvalue weighted by Gasteiger charge is 2.40. The van der Waals surface area contributed by atoms with Crippen molar-refractivity contribution in [2.45, 2.75) is 18.4 Å². The number of imidazole rings is 1. The maximum absolute atomic E-state index is 13.2. The number of fused-ring (bicyclic) bond motifs is 1. The molecule has 1 aromatic heterocycles. The maximum Gasteiger partial charge on any atom is 0.409 e. The molecular formula is C24H24F6N6O. The van der Waals surface area contributed by atoms with Crippen LogP contribution < -0.4 is 16.4 Å². The van der Waals surface area contributed by atoms with Crippen molar-refractivity contribution in [3.63, 3.8) is 0 Å². The van der Waals surface area contributed by atoms with Crippen LogP contribution >= 0.6 is 0 Å². The molecule has 0 radical (unpaired) electrons. The summed E-state index contributed by atoms with van der Waals surface area (Å²) in [7, 11) is 1.28. The van der Waals surface area contributed by atoms with Crippen molar-refractivity contribution >= 4 is 28.3 Å². The van der Waals surface area contributed by atoms with Crippen LogP contribution in [0.15, 0.2) is 67.6 Å². The van der Waals surface area contributed by atoms with Gasteiger partial charge in [0.1, 0.15) is 18.9 Å². The summed E-state index contributed by atoms with van der Waals surface area (Å²) in [6.45, 7) is 1.62. The molecule has 3 aromatic rings. The molecule has 1 heterocycles. The van der Waals surface area contributed by atoms with Crippen molar-refractivity contribution in [2.24, 2.45) is 5.73 Å². The fourth-order valence-electron chi connectivity index (χ4n) is 3.57. The number of benzene rings is 2. The molecule has 0 aliphatic carbocycles. The van der Waals surface area contributed by atoms with Crippen LogP contribution in [0.5, 0.6) is 0 Å². The largest absolute Gasteiger partial charge is 0.409 e. The highest BCUT2D eigenvalue weighted by molar-refractivity contribution is 5.90. The second-order valence-corrected chi connectivity index (χ2v) is 8.04. The van der Waals surface area contributed by atoms with Crippen molar-refractivity contribution in [3.05, 3.63) is 73.2 Å². The lowest BCUT2D eigenvalue weighted by Crippen LogP contribution is -2.46. The third kappa shape index (κ3) is 7.03. The van der Waals surface area contributed by atoms with Crippen LogP contribution in [0, 0.1) is 0 Å². The molecule has 4 N–H and O–H groups in total. The van der Waals surface area contributed by atoms with Gasteiger partial charge in [-0.05, 0) is 41.5 Å². The van der Waals surface area contributed by atoms with Crippen LogP contribution in [0.3, 0.4) is 0 Å². The van der Waals surface area contributed by atoms with E-state index in [1.807, 2.05) is 0 Å². The van der Waals surface area contributed by atoms with Gasteiger partial charge in [-0.2, -0.15) is 26.3 Å². The number of anilines is 1. The fraction of sp³-hybridized carbons (Fsp3) is 0.250. The van der Waals surface area contributed by atoms with E-state index in [1.54, 1.807) is 46.3 Å². The number of urea groups is 1. The number of carbonyl (C=O) groups is 1. The van der Waals surface area contributed by atoms with Gasteiger partial charge in [0.2, 0.25) is 0 Å². The fourth-order valence-corrected chi connectivity index (χ4v) is 3.57. The van der Waals surface area contributed by atoms with Gasteiger partial charge < -0.3 is 21.3 Å². The first kappa shape index (κ1) is 27.6. The number of hydrogen-bond acceptors (Lipinski definition) is 4. The maximum atomic E-state index is 13.2. The smallest absolute Gasteiger partial charge is 0.367 e. The summed E-state index contributed by atoms with van der Waals surface area (Å²) in [5.41, 5.74) is 8.33. The molecule has 37 heavy (non-hydrogen) atoms. The molecule has 3 rings (SSSR count). The molecule has 7 nitrogen and oxygen atoms in total. The first-order chi connectivity index (χ1) is 17.3. The van der Waals surface area contributed by atoms with Gasteiger partial charge in [0.15, 0.2) is 0 Å². The number of nitrogens with one attached hydrogen (secondary N) is 2. The van der Waals surface area contributed by atoms with Gasteiger partial charge >= 0.3 is 18.4 Å². The van der Waals surface area contributed by atoms with E-state index in [2.05, 4.69) is 16.9 Å². The molecule has 0 aliphatic heterocycles. The van der Waals surface area contributed by atoms with Crippen molar-refractivity contribution in [2.75, 3.05) is 25.5 Å². The molecule has 13 heteroatoms.